The summed E-state index contributed by atoms with van der Waals surface area (Å²) < 4.78 is 10.8. The molecule has 0 spiro atoms. The Bertz CT molecular complexity index is 732. The zero-order valence-corrected chi connectivity index (χ0v) is 16.9. The van der Waals surface area contributed by atoms with Crippen LogP contribution < -0.4 is 0 Å². The molecule has 0 aliphatic heterocycles. The zero-order valence-electron chi connectivity index (χ0n) is 16.9. The third-order valence-corrected chi connectivity index (χ3v) is 4.86. The van der Waals surface area contributed by atoms with Crippen molar-refractivity contribution in [1.82, 2.24) is 0 Å². The molecule has 150 valence electrons. The van der Waals surface area contributed by atoms with Gasteiger partial charge in [0, 0.05) is 24.7 Å². The molecule has 0 aliphatic rings. The van der Waals surface area contributed by atoms with Crippen LogP contribution in [0.3, 0.4) is 0 Å². The van der Waals surface area contributed by atoms with Crippen LogP contribution in [0.15, 0.2) is 30.4 Å². The van der Waals surface area contributed by atoms with E-state index in [1.54, 1.807) is 52.8 Å². The van der Waals surface area contributed by atoms with E-state index in [1.165, 1.54) is 7.11 Å². The standard InChI is InChI=1S/C21H30O6/c1-8-12(2)20(25)27-16(11-17(22)21(5,6)26-7)14(4)15-10-9-13(3)18(23)19(15)24/h8-10,16-17,22-24H,4,11H2,1-3,5-7H3/t16-,17-/m1/s1. The first kappa shape index (κ1) is 22.7. The van der Waals surface area contributed by atoms with Crippen molar-refractivity contribution in [3.8, 4) is 11.5 Å². The minimum Gasteiger partial charge on any atom is -0.504 e. The smallest absolute Gasteiger partial charge is 0.333 e. The number of esters is 1. The number of carbonyl (C=O) groups is 1. The lowest BCUT2D eigenvalue weighted by Crippen LogP contribution is -2.41. The Hall–Kier alpha value is -2.31. The van der Waals surface area contributed by atoms with E-state index >= 15 is 0 Å². The van der Waals surface area contributed by atoms with Crippen LogP contribution >= 0.6 is 0 Å². The van der Waals surface area contributed by atoms with Gasteiger partial charge < -0.3 is 24.8 Å². The van der Waals surface area contributed by atoms with Gasteiger partial charge in [-0.25, -0.2) is 4.79 Å². The number of hydrogen-bond donors (Lipinski definition) is 3. The first-order valence-corrected chi connectivity index (χ1v) is 8.74. The number of aliphatic hydroxyl groups is 1. The summed E-state index contributed by atoms with van der Waals surface area (Å²) in [6.45, 7) is 12.3. The summed E-state index contributed by atoms with van der Waals surface area (Å²) in [5.74, 6) is -1.16. The van der Waals surface area contributed by atoms with Gasteiger partial charge in [-0.3, -0.25) is 0 Å². The monoisotopic (exact) mass is 378 g/mol. The SMILES string of the molecule is C=C(c1ccc(C)c(O)c1O)[C@@H](C[C@@H](O)C(C)(C)OC)OC(=O)C(C)=CC. The van der Waals surface area contributed by atoms with Gasteiger partial charge in [-0.15, -0.1) is 0 Å². The van der Waals surface area contributed by atoms with E-state index in [0.29, 0.717) is 11.1 Å². The molecule has 0 saturated heterocycles. The lowest BCUT2D eigenvalue weighted by Gasteiger charge is -2.32. The van der Waals surface area contributed by atoms with Crippen LogP contribution in [-0.4, -0.2) is 46.2 Å². The summed E-state index contributed by atoms with van der Waals surface area (Å²) in [6, 6.07) is 3.21. The largest absolute Gasteiger partial charge is 0.504 e. The molecular formula is C21H30O6. The Balaban J connectivity index is 3.26. The average molecular weight is 378 g/mol. The number of rotatable bonds is 8. The fourth-order valence-electron chi connectivity index (χ4n) is 2.34. The topological polar surface area (TPSA) is 96.2 Å². The molecule has 2 atom stereocenters. The van der Waals surface area contributed by atoms with E-state index in [2.05, 4.69) is 6.58 Å². The van der Waals surface area contributed by atoms with Crippen molar-refractivity contribution in [1.29, 1.82) is 0 Å². The third-order valence-electron chi connectivity index (χ3n) is 4.86. The number of allylic oxidation sites excluding steroid dienone is 1. The molecule has 0 aromatic heterocycles. The van der Waals surface area contributed by atoms with Gasteiger partial charge in [0.1, 0.15) is 6.10 Å². The van der Waals surface area contributed by atoms with Crippen LogP contribution in [0, 0.1) is 6.92 Å². The maximum absolute atomic E-state index is 12.3. The van der Waals surface area contributed by atoms with Crippen LogP contribution in [0.2, 0.25) is 0 Å². The first-order chi connectivity index (χ1) is 12.5. The number of carbonyl (C=O) groups excluding carboxylic acids is 1. The molecule has 0 bridgehead atoms. The molecule has 0 radical (unpaired) electrons. The van der Waals surface area contributed by atoms with Gasteiger partial charge in [0.15, 0.2) is 11.5 Å². The second-order valence-electron chi connectivity index (χ2n) is 7.08. The van der Waals surface area contributed by atoms with Crippen LogP contribution in [0.4, 0.5) is 0 Å². The number of benzene rings is 1. The summed E-state index contributed by atoms with van der Waals surface area (Å²) in [5, 5.41) is 30.8. The highest BCUT2D eigenvalue weighted by molar-refractivity contribution is 5.89. The minimum atomic E-state index is -0.968. The number of aliphatic hydroxyl groups excluding tert-OH is 1. The van der Waals surface area contributed by atoms with Gasteiger partial charge in [-0.2, -0.15) is 0 Å². The summed E-state index contributed by atoms with van der Waals surface area (Å²) in [4.78, 5) is 12.3. The molecule has 0 amide bonds. The molecule has 0 saturated carbocycles. The molecule has 27 heavy (non-hydrogen) atoms. The highest BCUT2D eigenvalue weighted by atomic mass is 16.5. The van der Waals surface area contributed by atoms with E-state index in [9.17, 15) is 20.1 Å². The van der Waals surface area contributed by atoms with Crippen molar-refractivity contribution < 1.29 is 29.6 Å². The molecule has 3 N–H and O–H groups in total. The number of ether oxygens (including phenoxy) is 2. The van der Waals surface area contributed by atoms with Crippen molar-refractivity contribution in [2.24, 2.45) is 0 Å². The predicted octanol–water partition coefficient (Wildman–Crippen LogP) is 3.47. The molecule has 0 unspecified atom stereocenters. The van der Waals surface area contributed by atoms with Crippen molar-refractivity contribution in [2.45, 2.75) is 58.8 Å². The maximum Gasteiger partial charge on any atom is 0.333 e. The van der Waals surface area contributed by atoms with Gasteiger partial charge >= 0.3 is 5.97 Å². The Morgan fingerprint density at radius 1 is 1.30 bits per heavy atom. The molecule has 1 rings (SSSR count). The van der Waals surface area contributed by atoms with Gasteiger partial charge in [0.05, 0.1) is 11.7 Å². The second kappa shape index (κ2) is 9.06. The molecule has 0 aliphatic carbocycles. The van der Waals surface area contributed by atoms with Crippen LogP contribution in [0.1, 0.15) is 45.2 Å². The van der Waals surface area contributed by atoms with Crippen molar-refractivity contribution in [3.63, 3.8) is 0 Å². The lowest BCUT2D eigenvalue weighted by molar-refractivity contribution is -0.145. The zero-order chi connectivity index (χ0) is 20.9. The Labute approximate surface area is 160 Å². The molecule has 6 heteroatoms. The fraction of sp³-hybridized carbons (Fsp3) is 0.476. The summed E-state index contributed by atoms with van der Waals surface area (Å²) in [6.07, 6.45) is -0.266. The lowest BCUT2D eigenvalue weighted by atomic mass is 9.90. The summed E-state index contributed by atoms with van der Waals surface area (Å²) in [5.41, 5.74) is 0.549. The van der Waals surface area contributed by atoms with Gasteiger partial charge in [-0.1, -0.05) is 24.8 Å². The number of hydrogen-bond acceptors (Lipinski definition) is 6. The Morgan fingerprint density at radius 2 is 1.89 bits per heavy atom. The highest BCUT2D eigenvalue weighted by Crippen LogP contribution is 2.38. The number of aromatic hydroxyl groups is 2. The summed E-state index contributed by atoms with van der Waals surface area (Å²) in [7, 11) is 1.48. The number of methoxy groups -OCH3 is 1. The van der Waals surface area contributed by atoms with Crippen LogP contribution in [-0.2, 0) is 14.3 Å². The second-order valence-corrected chi connectivity index (χ2v) is 7.08. The maximum atomic E-state index is 12.3. The van der Waals surface area contributed by atoms with Crippen molar-refractivity contribution in [3.05, 3.63) is 41.5 Å². The molecular weight excluding hydrogens is 348 g/mol. The quantitative estimate of drug-likeness (QED) is 0.364. The van der Waals surface area contributed by atoms with Crippen LogP contribution in [0.5, 0.6) is 11.5 Å². The van der Waals surface area contributed by atoms with Crippen molar-refractivity contribution >= 4 is 11.5 Å². The van der Waals surface area contributed by atoms with E-state index < -0.39 is 23.8 Å². The van der Waals surface area contributed by atoms with Crippen molar-refractivity contribution in [2.75, 3.05) is 7.11 Å². The average Bonchev–Trinajstić information content (AvgIpc) is 2.64. The molecule has 1 aromatic rings. The third kappa shape index (κ3) is 5.34. The molecule has 6 nitrogen and oxygen atoms in total. The highest BCUT2D eigenvalue weighted by Gasteiger charge is 2.33. The summed E-state index contributed by atoms with van der Waals surface area (Å²) >= 11 is 0. The predicted molar refractivity (Wildman–Crippen MR) is 105 cm³/mol. The number of phenolic OH excluding ortho intramolecular Hbond substituents is 2. The van der Waals surface area contributed by atoms with E-state index in [4.69, 9.17) is 9.47 Å². The van der Waals surface area contributed by atoms with Gasteiger partial charge in [0.25, 0.3) is 0 Å². The normalized spacial score (nSPS) is 14.6. The molecule has 0 heterocycles. The van der Waals surface area contributed by atoms with E-state index in [-0.39, 0.29) is 29.1 Å². The Kier molecular flexibility index (Phi) is 7.63. The van der Waals surface area contributed by atoms with Crippen LogP contribution in [0.25, 0.3) is 5.57 Å². The minimum absolute atomic E-state index is 0.0104. The fourth-order valence-corrected chi connectivity index (χ4v) is 2.34. The van der Waals surface area contributed by atoms with Gasteiger partial charge in [0.2, 0.25) is 0 Å². The van der Waals surface area contributed by atoms with E-state index in [0.717, 1.165) is 0 Å². The number of phenols is 2. The molecule has 0 fully saturated rings. The number of aryl methyl sites for hydroxylation is 1. The first-order valence-electron chi connectivity index (χ1n) is 8.74. The van der Waals surface area contributed by atoms with E-state index in [1.807, 2.05) is 0 Å². The Morgan fingerprint density at radius 3 is 2.41 bits per heavy atom. The van der Waals surface area contributed by atoms with Gasteiger partial charge in [-0.05, 0) is 45.8 Å². The molecule has 1 aromatic carbocycles.